The molecule has 0 aromatic rings. The Morgan fingerprint density at radius 3 is 2.94 bits per heavy atom. The zero-order valence-electron chi connectivity index (χ0n) is 10.9. The van der Waals surface area contributed by atoms with Crippen LogP contribution in [0.4, 0.5) is 0 Å². The van der Waals surface area contributed by atoms with E-state index in [2.05, 4.69) is 0 Å². The van der Waals surface area contributed by atoms with Crippen LogP contribution in [-0.2, 0) is 14.3 Å². The fourth-order valence-corrected chi connectivity index (χ4v) is 2.27. The van der Waals surface area contributed by atoms with E-state index in [1.54, 1.807) is 11.9 Å². The molecule has 0 radical (unpaired) electrons. The monoisotopic (exact) mass is 245 g/mol. The molecule has 1 fully saturated rings. The van der Waals surface area contributed by atoms with Gasteiger partial charge in [-0.2, -0.15) is 0 Å². The Labute approximate surface area is 103 Å². The molecule has 1 amide bonds. The van der Waals surface area contributed by atoms with E-state index >= 15 is 0 Å². The fraction of sp³-hybridized carbons (Fsp3) is 0.917. The molecule has 1 aliphatic rings. The molecule has 0 bridgehead atoms. The third-order valence-corrected chi connectivity index (χ3v) is 3.15. The Morgan fingerprint density at radius 1 is 1.65 bits per heavy atom. The van der Waals surface area contributed by atoms with Crippen molar-refractivity contribution in [2.24, 2.45) is 5.92 Å². The number of carbonyl (C=O) groups is 1. The Bertz CT molecular complexity index is 247. The second-order valence-corrected chi connectivity index (χ2v) is 4.54. The van der Waals surface area contributed by atoms with Gasteiger partial charge in [0.25, 0.3) is 0 Å². The molecule has 0 aromatic heterocycles. The largest absolute Gasteiger partial charge is 0.389 e. The van der Waals surface area contributed by atoms with E-state index in [9.17, 15) is 9.90 Å². The molecule has 1 N–H and O–H groups in total. The number of hydrogen-bond acceptors (Lipinski definition) is 4. The molecule has 17 heavy (non-hydrogen) atoms. The van der Waals surface area contributed by atoms with E-state index in [4.69, 9.17) is 9.47 Å². The summed E-state index contributed by atoms with van der Waals surface area (Å²) in [6, 6.07) is 0. The Morgan fingerprint density at radius 2 is 2.35 bits per heavy atom. The van der Waals surface area contributed by atoms with Crippen LogP contribution < -0.4 is 0 Å². The zero-order chi connectivity index (χ0) is 12.8. The van der Waals surface area contributed by atoms with Gasteiger partial charge in [0.1, 0.15) is 0 Å². The van der Waals surface area contributed by atoms with Gasteiger partial charge in [0.05, 0.1) is 24.7 Å². The number of aliphatic hydroxyl groups excluding tert-OH is 1. The zero-order valence-corrected chi connectivity index (χ0v) is 10.9. The van der Waals surface area contributed by atoms with Crippen molar-refractivity contribution in [1.29, 1.82) is 0 Å². The van der Waals surface area contributed by atoms with Gasteiger partial charge < -0.3 is 19.5 Å². The van der Waals surface area contributed by atoms with Crippen LogP contribution in [0.5, 0.6) is 0 Å². The summed E-state index contributed by atoms with van der Waals surface area (Å²) in [6.07, 6.45) is 1.04. The molecular weight excluding hydrogens is 222 g/mol. The van der Waals surface area contributed by atoms with Gasteiger partial charge in [-0.25, -0.2) is 0 Å². The number of carbonyl (C=O) groups excluding carboxylic acids is 1. The quantitative estimate of drug-likeness (QED) is 0.729. The molecule has 3 atom stereocenters. The van der Waals surface area contributed by atoms with Gasteiger partial charge in [-0.15, -0.1) is 0 Å². The molecule has 1 aliphatic heterocycles. The summed E-state index contributed by atoms with van der Waals surface area (Å²) in [5.74, 6) is 0.00393. The van der Waals surface area contributed by atoms with Crippen LogP contribution in [0, 0.1) is 5.92 Å². The molecule has 1 heterocycles. The number of rotatable bonds is 6. The predicted octanol–water partition coefficient (Wildman–Crippen LogP) is 0.267. The van der Waals surface area contributed by atoms with Crippen LogP contribution in [0.1, 0.15) is 19.8 Å². The van der Waals surface area contributed by atoms with Crippen LogP contribution in [0.25, 0.3) is 0 Å². The second-order valence-electron chi connectivity index (χ2n) is 4.54. The van der Waals surface area contributed by atoms with E-state index in [0.717, 1.165) is 12.8 Å². The summed E-state index contributed by atoms with van der Waals surface area (Å²) < 4.78 is 10.3. The van der Waals surface area contributed by atoms with Gasteiger partial charge in [0.15, 0.2) is 0 Å². The highest BCUT2D eigenvalue weighted by atomic mass is 16.5. The molecule has 0 spiro atoms. The first kappa shape index (κ1) is 14.4. The van der Waals surface area contributed by atoms with Crippen LogP contribution in [-0.4, -0.2) is 62.0 Å². The van der Waals surface area contributed by atoms with Gasteiger partial charge in [0.2, 0.25) is 5.91 Å². The molecule has 1 rings (SSSR count). The molecule has 0 saturated carbocycles. The van der Waals surface area contributed by atoms with Crippen LogP contribution in [0.15, 0.2) is 0 Å². The Balaban J connectivity index is 2.45. The predicted molar refractivity (Wildman–Crippen MR) is 63.7 cm³/mol. The lowest BCUT2D eigenvalue weighted by Gasteiger charge is -2.25. The molecule has 0 aliphatic carbocycles. The average molecular weight is 245 g/mol. The molecule has 1 saturated heterocycles. The lowest BCUT2D eigenvalue weighted by molar-refractivity contribution is -0.137. The van der Waals surface area contributed by atoms with E-state index in [1.807, 2.05) is 6.92 Å². The van der Waals surface area contributed by atoms with Gasteiger partial charge >= 0.3 is 0 Å². The number of likely N-dealkylation sites (N-methyl/N-ethyl adjacent to an activating group) is 1. The maximum Gasteiger partial charge on any atom is 0.228 e. The standard InChI is InChI=1S/C12H23NO4/c1-4-11-10(5-6-17-11)12(15)13(2)7-9(14)8-16-3/h9-11,14H,4-8H2,1-3H3. The van der Waals surface area contributed by atoms with E-state index < -0.39 is 6.10 Å². The highest BCUT2D eigenvalue weighted by Crippen LogP contribution is 2.25. The second kappa shape index (κ2) is 6.93. The van der Waals surface area contributed by atoms with E-state index in [0.29, 0.717) is 13.2 Å². The molecule has 100 valence electrons. The highest BCUT2D eigenvalue weighted by Gasteiger charge is 2.34. The number of hydrogen-bond donors (Lipinski definition) is 1. The smallest absolute Gasteiger partial charge is 0.228 e. The maximum atomic E-state index is 12.1. The summed E-state index contributed by atoms with van der Waals surface area (Å²) in [5, 5.41) is 9.58. The fourth-order valence-electron chi connectivity index (χ4n) is 2.27. The number of ether oxygens (including phenoxy) is 2. The summed E-state index contributed by atoms with van der Waals surface area (Å²) in [4.78, 5) is 13.7. The average Bonchev–Trinajstić information content (AvgIpc) is 2.76. The topological polar surface area (TPSA) is 59.0 Å². The first-order chi connectivity index (χ1) is 8.10. The number of aliphatic hydroxyl groups is 1. The lowest BCUT2D eigenvalue weighted by atomic mass is 9.98. The summed E-state index contributed by atoms with van der Waals surface area (Å²) in [5.41, 5.74) is 0. The van der Waals surface area contributed by atoms with Crippen molar-refractivity contribution in [3.63, 3.8) is 0 Å². The van der Waals surface area contributed by atoms with Crippen LogP contribution >= 0.6 is 0 Å². The molecule has 3 unspecified atom stereocenters. The van der Waals surface area contributed by atoms with Crippen molar-refractivity contribution in [1.82, 2.24) is 4.90 Å². The minimum atomic E-state index is -0.628. The number of amides is 1. The molecule has 5 nitrogen and oxygen atoms in total. The Kier molecular flexibility index (Phi) is 5.88. The summed E-state index contributed by atoms with van der Waals surface area (Å²) in [7, 11) is 3.25. The SMILES string of the molecule is CCC1OCCC1C(=O)N(C)CC(O)COC. The third kappa shape index (κ3) is 3.94. The number of nitrogens with zero attached hydrogens (tertiary/aromatic N) is 1. The van der Waals surface area contributed by atoms with Crippen LogP contribution in [0.2, 0.25) is 0 Å². The normalized spacial score (nSPS) is 25.9. The van der Waals surface area contributed by atoms with Gasteiger partial charge in [-0.1, -0.05) is 6.92 Å². The van der Waals surface area contributed by atoms with Gasteiger partial charge in [0, 0.05) is 27.3 Å². The van der Waals surface area contributed by atoms with Crippen molar-refractivity contribution < 1.29 is 19.4 Å². The molecular formula is C12H23NO4. The van der Waals surface area contributed by atoms with Gasteiger partial charge in [-0.05, 0) is 12.8 Å². The third-order valence-electron chi connectivity index (χ3n) is 3.15. The minimum Gasteiger partial charge on any atom is -0.389 e. The van der Waals surface area contributed by atoms with Crippen molar-refractivity contribution in [2.45, 2.75) is 32.0 Å². The van der Waals surface area contributed by atoms with Crippen molar-refractivity contribution in [3.05, 3.63) is 0 Å². The first-order valence-corrected chi connectivity index (χ1v) is 6.13. The highest BCUT2D eigenvalue weighted by molar-refractivity contribution is 5.79. The van der Waals surface area contributed by atoms with Crippen LogP contribution in [0.3, 0.4) is 0 Å². The van der Waals surface area contributed by atoms with Gasteiger partial charge in [-0.3, -0.25) is 4.79 Å². The Hall–Kier alpha value is -0.650. The van der Waals surface area contributed by atoms with Crippen molar-refractivity contribution in [2.75, 3.05) is 33.9 Å². The van der Waals surface area contributed by atoms with E-state index in [1.165, 1.54) is 7.11 Å². The summed E-state index contributed by atoms with van der Waals surface area (Å²) >= 11 is 0. The summed E-state index contributed by atoms with van der Waals surface area (Å²) in [6.45, 7) is 3.23. The minimum absolute atomic E-state index is 0.0320. The lowest BCUT2D eigenvalue weighted by Crippen LogP contribution is -2.41. The molecule has 5 heteroatoms. The first-order valence-electron chi connectivity index (χ1n) is 6.13. The van der Waals surface area contributed by atoms with Crippen molar-refractivity contribution in [3.8, 4) is 0 Å². The molecule has 0 aromatic carbocycles. The maximum absolute atomic E-state index is 12.1. The van der Waals surface area contributed by atoms with E-state index in [-0.39, 0.29) is 24.5 Å². The number of methoxy groups -OCH3 is 1. The van der Waals surface area contributed by atoms with Crippen molar-refractivity contribution >= 4 is 5.91 Å².